The predicted octanol–water partition coefficient (Wildman–Crippen LogP) is 4.20. The third-order valence-electron chi connectivity index (χ3n) is 4.66. The van der Waals surface area contributed by atoms with Crippen molar-refractivity contribution in [3.05, 3.63) is 52.7 Å². The molecule has 1 fully saturated rings. The first-order chi connectivity index (χ1) is 13.2. The lowest BCUT2D eigenvalue weighted by molar-refractivity contribution is -0.137. The Kier molecular flexibility index (Phi) is 5.27. The average molecular weight is 388 g/mol. The van der Waals surface area contributed by atoms with Crippen LogP contribution in [0.5, 0.6) is 0 Å². The molecule has 1 aliphatic heterocycles. The first-order valence-electron chi connectivity index (χ1n) is 8.84. The maximum atomic E-state index is 13.4. The molecule has 2 heterocycles. The molecule has 0 aliphatic carbocycles. The Bertz CT molecular complexity index is 949. The van der Waals surface area contributed by atoms with E-state index >= 15 is 0 Å². The fraction of sp³-hybridized carbons (Fsp3) is 0.350. The molecule has 1 saturated heterocycles. The van der Waals surface area contributed by atoms with Crippen LogP contribution in [-0.4, -0.2) is 23.5 Å². The van der Waals surface area contributed by atoms with E-state index in [0.29, 0.717) is 25.1 Å². The minimum Gasteiger partial charge on any atom is -0.343 e. The van der Waals surface area contributed by atoms with Crippen LogP contribution in [0.2, 0.25) is 0 Å². The fourth-order valence-electron chi connectivity index (χ4n) is 3.44. The van der Waals surface area contributed by atoms with E-state index in [2.05, 4.69) is 10.3 Å². The number of carbonyl (C=O) groups is 1. The molecule has 2 aromatic rings. The summed E-state index contributed by atoms with van der Waals surface area (Å²) in [5.74, 6) is -0.416. The van der Waals surface area contributed by atoms with Gasteiger partial charge in [-0.1, -0.05) is 12.1 Å². The average Bonchev–Trinajstić information content (AvgIpc) is 3.10. The van der Waals surface area contributed by atoms with E-state index in [4.69, 9.17) is 0 Å². The molecule has 0 radical (unpaired) electrons. The molecule has 1 unspecified atom stereocenters. The van der Waals surface area contributed by atoms with Crippen LogP contribution in [0.3, 0.4) is 0 Å². The predicted molar refractivity (Wildman–Crippen MR) is 98.9 cm³/mol. The first kappa shape index (κ1) is 19.7. The second kappa shape index (κ2) is 7.50. The zero-order valence-electron chi connectivity index (χ0n) is 15.5. The highest BCUT2D eigenvalue weighted by Gasteiger charge is 2.39. The van der Waals surface area contributed by atoms with Crippen LogP contribution in [0.25, 0.3) is 0 Å². The second-order valence-corrected chi connectivity index (χ2v) is 6.83. The van der Waals surface area contributed by atoms with E-state index < -0.39 is 23.3 Å². The number of carbonyl (C=O) groups excluding carboxylic acids is 1. The van der Waals surface area contributed by atoms with Gasteiger partial charge in [-0.2, -0.15) is 18.4 Å². The van der Waals surface area contributed by atoms with Gasteiger partial charge in [0.25, 0.3) is 0 Å². The van der Waals surface area contributed by atoms with Crippen molar-refractivity contribution in [1.29, 1.82) is 5.26 Å². The van der Waals surface area contributed by atoms with Gasteiger partial charge in [0.2, 0.25) is 5.91 Å². The van der Waals surface area contributed by atoms with Crippen molar-refractivity contribution in [2.45, 2.75) is 38.9 Å². The number of alkyl halides is 3. The van der Waals surface area contributed by atoms with Crippen molar-refractivity contribution in [2.24, 2.45) is 0 Å². The standard InChI is InChI=1S/C20H19F3N4O/c1-12-5-3-6-14(9-12)26-19(28)17-7-4-8-27(17)18-15(11-24)16(20(21,22)23)10-13(2)25-18/h3,5-6,9-10,17H,4,7-8H2,1-2H3,(H,26,28). The minimum absolute atomic E-state index is 0.0864. The van der Waals surface area contributed by atoms with Crippen LogP contribution >= 0.6 is 0 Å². The Morgan fingerprint density at radius 2 is 2.07 bits per heavy atom. The smallest absolute Gasteiger partial charge is 0.343 e. The van der Waals surface area contributed by atoms with Crippen LogP contribution in [-0.2, 0) is 11.0 Å². The van der Waals surface area contributed by atoms with Crippen molar-refractivity contribution in [3.8, 4) is 6.07 Å². The van der Waals surface area contributed by atoms with Crippen molar-refractivity contribution < 1.29 is 18.0 Å². The van der Waals surface area contributed by atoms with Crippen LogP contribution in [0, 0.1) is 25.2 Å². The Morgan fingerprint density at radius 3 is 2.71 bits per heavy atom. The largest absolute Gasteiger partial charge is 0.417 e. The third-order valence-corrected chi connectivity index (χ3v) is 4.66. The van der Waals surface area contributed by atoms with Gasteiger partial charge in [-0.05, 0) is 50.5 Å². The molecule has 1 N–H and O–H groups in total. The molecule has 5 nitrogen and oxygen atoms in total. The lowest BCUT2D eigenvalue weighted by atomic mass is 10.1. The number of hydrogen-bond donors (Lipinski definition) is 1. The van der Waals surface area contributed by atoms with E-state index in [9.17, 15) is 23.2 Å². The zero-order valence-corrected chi connectivity index (χ0v) is 15.5. The van der Waals surface area contributed by atoms with Gasteiger partial charge in [0.05, 0.1) is 5.56 Å². The molecule has 1 aliphatic rings. The number of aromatic nitrogens is 1. The van der Waals surface area contributed by atoms with Crippen molar-refractivity contribution in [1.82, 2.24) is 4.98 Å². The number of anilines is 2. The van der Waals surface area contributed by atoms with Gasteiger partial charge in [-0.3, -0.25) is 4.79 Å². The molecule has 1 amide bonds. The molecule has 8 heteroatoms. The van der Waals surface area contributed by atoms with Gasteiger partial charge in [0.1, 0.15) is 23.5 Å². The molecule has 28 heavy (non-hydrogen) atoms. The zero-order chi connectivity index (χ0) is 20.5. The molecule has 0 saturated carbocycles. The third kappa shape index (κ3) is 3.93. The number of benzene rings is 1. The summed E-state index contributed by atoms with van der Waals surface area (Å²) in [6.07, 6.45) is -3.58. The molecular formula is C20H19F3N4O. The topological polar surface area (TPSA) is 69.0 Å². The van der Waals surface area contributed by atoms with Gasteiger partial charge >= 0.3 is 6.18 Å². The summed E-state index contributed by atoms with van der Waals surface area (Å²) >= 11 is 0. The molecule has 0 spiro atoms. The van der Waals surface area contributed by atoms with Gasteiger partial charge < -0.3 is 10.2 Å². The summed E-state index contributed by atoms with van der Waals surface area (Å²) in [5.41, 5.74) is 0.162. The van der Waals surface area contributed by atoms with Crippen LogP contribution in [0.1, 0.15) is 35.2 Å². The number of pyridine rings is 1. The Hall–Kier alpha value is -3.08. The van der Waals surface area contributed by atoms with Crippen LogP contribution in [0.15, 0.2) is 30.3 Å². The van der Waals surface area contributed by atoms with Gasteiger partial charge in [-0.15, -0.1) is 0 Å². The molecule has 1 aromatic carbocycles. The molecule has 1 aromatic heterocycles. The van der Waals surface area contributed by atoms with Crippen LogP contribution < -0.4 is 10.2 Å². The molecule has 0 bridgehead atoms. The lowest BCUT2D eigenvalue weighted by Crippen LogP contribution is -2.40. The number of nitriles is 1. The number of amides is 1. The number of nitrogens with one attached hydrogen (secondary N) is 1. The Labute approximate surface area is 160 Å². The van der Waals surface area contributed by atoms with E-state index in [1.54, 1.807) is 12.1 Å². The first-order valence-corrected chi connectivity index (χ1v) is 8.84. The minimum atomic E-state index is -4.67. The monoisotopic (exact) mass is 388 g/mol. The summed E-state index contributed by atoms with van der Waals surface area (Å²) in [7, 11) is 0. The Balaban J connectivity index is 1.96. The van der Waals surface area contributed by atoms with E-state index in [1.165, 1.54) is 11.8 Å². The van der Waals surface area contributed by atoms with Crippen molar-refractivity contribution in [2.75, 3.05) is 16.8 Å². The number of nitrogens with zero attached hydrogens (tertiary/aromatic N) is 3. The van der Waals surface area contributed by atoms with Crippen LogP contribution in [0.4, 0.5) is 24.7 Å². The summed E-state index contributed by atoms with van der Waals surface area (Å²) < 4.78 is 40.2. The molecule has 1 atom stereocenters. The summed E-state index contributed by atoms with van der Waals surface area (Å²) in [4.78, 5) is 18.5. The lowest BCUT2D eigenvalue weighted by Gasteiger charge is -2.27. The highest BCUT2D eigenvalue weighted by molar-refractivity contribution is 5.97. The van der Waals surface area contributed by atoms with Gasteiger partial charge in [-0.25, -0.2) is 4.98 Å². The van der Waals surface area contributed by atoms with E-state index in [0.717, 1.165) is 11.6 Å². The number of aryl methyl sites for hydroxylation is 2. The number of halogens is 3. The van der Waals surface area contributed by atoms with Crippen molar-refractivity contribution in [3.63, 3.8) is 0 Å². The molecule has 3 rings (SSSR count). The SMILES string of the molecule is Cc1cccc(NC(=O)C2CCCN2c2nc(C)cc(C(F)(F)F)c2C#N)c1. The molecule has 146 valence electrons. The number of rotatable bonds is 3. The van der Waals surface area contributed by atoms with E-state index in [1.807, 2.05) is 25.1 Å². The second-order valence-electron chi connectivity index (χ2n) is 6.83. The van der Waals surface area contributed by atoms with Crippen molar-refractivity contribution >= 4 is 17.4 Å². The summed E-state index contributed by atoms with van der Waals surface area (Å²) in [6, 6.07) is 9.07. The highest BCUT2D eigenvalue weighted by Crippen LogP contribution is 2.37. The van der Waals surface area contributed by atoms with Gasteiger partial charge in [0, 0.05) is 17.9 Å². The quantitative estimate of drug-likeness (QED) is 0.856. The maximum Gasteiger partial charge on any atom is 0.417 e. The normalized spacial score (nSPS) is 16.7. The van der Waals surface area contributed by atoms with E-state index in [-0.39, 0.29) is 17.4 Å². The van der Waals surface area contributed by atoms with Gasteiger partial charge in [0.15, 0.2) is 0 Å². The highest BCUT2D eigenvalue weighted by atomic mass is 19.4. The summed E-state index contributed by atoms with van der Waals surface area (Å²) in [5, 5.41) is 12.2. The Morgan fingerprint density at radius 1 is 1.32 bits per heavy atom. The number of hydrogen-bond acceptors (Lipinski definition) is 4. The molecular weight excluding hydrogens is 369 g/mol. The summed E-state index contributed by atoms with van der Waals surface area (Å²) in [6.45, 7) is 3.69. The fourth-order valence-corrected chi connectivity index (χ4v) is 3.44. The maximum absolute atomic E-state index is 13.4.